The molecule has 1 heterocycles. The van der Waals surface area contributed by atoms with Crippen LogP contribution in [0.3, 0.4) is 0 Å². The first-order valence-electron chi connectivity index (χ1n) is 9.71. The lowest BCUT2D eigenvalue weighted by molar-refractivity contribution is 0.195. The Balaban J connectivity index is 1.70. The normalized spacial score (nSPS) is 15.1. The van der Waals surface area contributed by atoms with E-state index >= 15 is 0 Å². The zero-order valence-corrected chi connectivity index (χ0v) is 16.1. The first-order valence-corrected chi connectivity index (χ1v) is 9.71. The molecule has 26 heavy (non-hydrogen) atoms. The highest BCUT2D eigenvalue weighted by molar-refractivity contribution is 5.33. The van der Waals surface area contributed by atoms with Crippen molar-refractivity contribution in [2.75, 3.05) is 27.2 Å². The van der Waals surface area contributed by atoms with Crippen LogP contribution in [0.25, 0.3) is 0 Å². The predicted molar refractivity (Wildman–Crippen MR) is 106 cm³/mol. The van der Waals surface area contributed by atoms with E-state index in [1.807, 2.05) is 18.5 Å². The molecule has 2 aromatic rings. The summed E-state index contributed by atoms with van der Waals surface area (Å²) in [5.41, 5.74) is 2.53. The van der Waals surface area contributed by atoms with Crippen LogP contribution in [0.15, 0.2) is 48.8 Å². The average Bonchev–Trinajstić information content (AvgIpc) is 3.15. The van der Waals surface area contributed by atoms with E-state index in [1.165, 1.54) is 36.8 Å². The minimum absolute atomic E-state index is 0.393. The fourth-order valence-corrected chi connectivity index (χ4v) is 3.48. The zero-order chi connectivity index (χ0) is 18.2. The van der Waals surface area contributed by atoms with Crippen molar-refractivity contribution in [3.63, 3.8) is 0 Å². The maximum atomic E-state index is 6.33. The molecule has 3 rings (SSSR count). The van der Waals surface area contributed by atoms with E-state index in [1.54, 1.807) is 0 Å². The first-order chi connectivity index (χ1) is 12.7. The van der Waals surface area contributed by atoms with E-state index in [2.05, 4.69) is 59.2 Å². The van der Waals surface area contributed by atoms with Gasteiger partial charge in [-0.3, -0.25) is 9.88 Å². The van der Waals surface area contributed by atoms with Crippen LogP contribution in [-0.4, -0.2) is 48.1 Å². The summed E-state index contributed by atoms with van der Waals surface area (Å²) in [5.74, 6) is 1.06. The molecule has 4 nitrogen and oxygen atoms in total. The molecule has 140 valence electrons. The van der Waals surface area contributed by atoms with Crippen molar-refractivity contribution in [2.24, 2.45) is 0 Å². The number of pyridine rings is 1. The SMILES string of the molecule is CN(C)CCN(Cc1cccnc1)Cc1ccccc1OC1CCCC1. The highest BCUT2D eigenvalue weighted by atomic mass is 16.5. The molecule has 0 saturated heterocycles. The third-order valence-corrected chi connectivity index (χ3v) is 4.95. The smallest absolute Gasteiger partial charge is 0.124 e. The van der Waals surface area contributed by atoms with Gasteiger partial charge in [-0.15, -0.1) is 0 Å². The third-order valence-electron chi connectivity index (χ3n) is 4.95. The molecule has 1 aliphatic rings. The van der Waals surface area contributed by atoms with Crippen LogP contribution in [-0.2, 0) is 13.1 Å². The number of ether oxygens (including phenoxy) is 1. The van der Waals surface area contributed by atoms with Crippen LogP contribution in [0.5, 0.6) is 5.75 Å². The maximum Gasteiger partial charge on any atom is 0.124 e. The molecule has 1 aromatic heterocycles. The van der Waals surface area contributed by atoms with Crippen molar-refractivity contribution < 1.29 is 4.74 Å². The fourth-order valence-electron chi connectivity index (χ4n) is 3.48. The second kappa shape index (κ2) is 9.70. The number of nitrogens with zero attached hydrogens (tertiary/aromatic N) is 3. The molecule has 1 saturated carbocycles. The van der Waals surface area contributed by atoms with Crippen LogP contribution in [0.1, 0.15) is 36.8 Å². The van der Waals surface area contributed by atoms with Crippen LogP contribution < -0.4 is 4.74 Å². The van der Waals surface area contributed by atoms with Gasteiger partial charge in [-0.1, -0.05) is 24.3 Å². The highest BCUT2D eigenvalue weighted by Crippen LogP contribution is 2.27. The molecule has 1 fully saturated rings. The van der Waals surface area contributed by atoms with E-state index in [4.69, 9.17) is 4.74 Å². The summed E-state index contributed by atoms with van der Waals surface area (Å²) in [7, 11) is 4.25. The number of hydrogen-bond donors (Lipinski definition) is 0. The van der Waals surface area contributed by atoms with E-state index < -0.39 is 0 Å². The van der Waals surface area contributed by atoms with Gasteiger partial charge in [0.15, 0.2) is 0 Å². The Hall–Kier alpha value is -1.91. The average molecular weight is 354 g/mol. The van der Waals surface area contributed by atoms with Crippen LogP contribution in [0.2, 0.25) is 0 Å². The fraction of sp³-hybridized carbons (Fsp3) is 0.500. The van der Waals surface area contributed by atoms with Crippen LogP contribution >= 0.6 is 0 Å². The summed E-state index contributed by atoms with van der Waals surface area (Å²) < 4.78 is 6.33. The number of aromatic nitrogens is 1. The van der Waals surface area contributed by atoms with Gasteiger partial charge in [0.2, 0.25) is 0 Å². The Morgan fingerprint density at radius 1 is 1.00 bits per heavy atom. The standard InChI is InChI=1S/C22H31N3O/c1-24(2)14-15-25(17-19-8-7-13-23-16-19)18-20-9-3-6-12-22(20)26-21-10-4-5-11-21/h3,6-9,12-13,16,21H,4-5,10-11,14-15,17-18H2,1-2H3. The zero-order valence-electron chi connectivity index (χ0n) is 16.1. The topological polar surface area (TPSA) is 28.6 Å². The van der Waals surface area contributed by atoms with E-state index in [0.717, 1.165) is 31.9 Å². The molecule has 0 unspecified atom stereocenters. The van der Waals surface area contributed by atoms with Crippen molar-refractivity contribution in [1.29, 1.82) is 0 Å². The first kappa shape index (κ1) is 18.9. The number of benzene rings is 1. The van der Waals surface area contributed by atoms with E-state index in [0.29, 0.717) is 6.10 Å². The Labute approximate surface area is 157 Å². The minimum atomic E-state index is 0.393. The van der Waals surface area contributed by atoms with Crippen molar-refractivity contribution >= 4 is 0 Å². The largest absolute Gasteiger partial charge is 0.490 e. The molecule has 0 aliphatic heterocycles. The minimum Gasteiger partial charge on any atom is -0.490 e. The second-order valence-corrected chi connectivity index (χ2v) is 7.51. The molecule has 0 amide bonds. The number of para-hydroxylation sites is 1. The van der Waals surface area contributed by atoms with Crippen molar-refractivity contribution in [2.45, 2.75) is 44.9 Å². The van der Waals surface area contributed by atoms with E-state index in [9.17, 15) is 0 Å². The highest BCUT2D eigenvalue weighted by Gasteiger charge is 2.18. The summed E-state index contributed by atoms with van der Waals surface area (Å²) in [6.45, 7) is 3.84. The van der Waals surface area contributed by atoms with Crippen molar-refractivity contribution in [3.8, 4) is 5.75 Å². The summed E-state index contributed by atoms with van der Waals surface area (Å²) in [6.07, 6.45) is 9.15. The Morgan fingerprint density at radius 2 is 1.81 bits per heavy atom. The molecule has 0 spiro atoms. The van der Waals surface area contributed by atoms with Gasteiger partial charge in [0.05, 0.1) is 6.10 Å². The van der Waals surface area contributed by atoms with E-state index in [-0.39, 0.29) is 0 Å². The third kappa shape index (κ3) is 5.82. The van der Waals surface area contributed by atoms with Gasteiger partial charge in [0.25, 0.3) is 0 Å². The summed E-state index contributed by atoms with van der Waals surface area (Å²) in [5, 5.41) is 0. The van der Waals surface area contributed by atoms with Gasteiger partial charge in [-0.05, 0) is 57.5 Å². The number of likely N-dealkylation sites (N-methyl/N-ethyl adjacent to an activating group) is 1. The van der Waals surface area contributed by atoms with Gasteiger partial charge in [-0.25, -0.2) is 0 Å². The van der Waals surface area contributed by atoms with Gasteiger partial charge in [0, 0.05) is 44.1 Å². The molecule has 0 N–H and O–H groups in total. The second-order valence-electron chi connectivity index (χ2n) is 7.51. The van der Waals surface area contributed by atoms with Gasteiger partial charge in [-0.2, -0.15) is 0 Å². The lowest BCUT2D eigenvalue weighted by atomic mass is 10.1. The van der Waals surface area contributed by atoms with Crippen LogP contribution in [0.4, 0.5) is 0 Å². The van der Waals surface area contributed by atoms with Crippen LogP contribution in [0, 0.1) is 0 Å². The quantitative estimate of drug-likeness (QED) is 0.682. The lowest BCUT2D eigenvalue weighted by Crippen LogP contribution is -2.31. The molecule has 4 heteroatoms. The molecule has 1 aromatic carbocycles. The Kier molecular flexibility index (Phi) is 7.04. The Bertz CT molecular complexity index is 653. The van der Waals surface area contributed by atoms with Gasteiger partial charge >= 0.3 is 0 Å². The number of rotatable bonds is 9. The summed E-state index contributed by atoms with van der Waals surface area (Å²) in [4.78, 5) is 8.98. The Morgan fingerprint density at radius 3 is 2.54 bits per heavy atom. The molecular formula is C22H31N3O. The molecule has 0 radical (unpaired) electrons. The summed E-state index contributed by atoms with van der Waals surface area (Å²) >= 11 is 0. The van der Waals surface area contributed by atoms with Crippen molar-refractivity contribution in [3.05, 3.63) is 59.9 Å². The summed E-state index contributed by atoms with van der Waals surface area (Å²) in [6, 6.07) is 12.7. The maximum absolute atomic E-state index is 6.33. The molecule has 0 bridgehead atoms. The predicted octanol–water partition coefficient (Wildman–Crippen LogP) is 3.97. The molecular weight excluding hydrogens is 322 g/mol. The van der Waals surface area contributed by atoms with Gasteiger partial charge < -0.3 is 9.64 Å². The molecule has 1 aliphatic carbocycles. The van der Waals surface area contributed by atoms with Crippen molar-refractivity contribution in [1.82, 2.24) is 14.8 Å². The molecule has 0 atom stereocenters. The lowest BCUT2D eigenvalue weighted by Gasteiger charge is -2.26. The van der Waals surface area contributed by atoms with Gasteiger partial charge in [0.1, 0.15) is 5.75 Å². The monoisotopic (exact) mass is 353 g/mol. The number of hydrogen-bond acceptors (Lipinski definition) is 4.